The number of sulfonamides is 1. The standard InChI is InChI=1S/C14H24N2O3S/c1-10(2)15-9-12(4)20(17,18)16-13-8-11(3)6-7-14(13)19-5/h6-8,10,12,15-16H,9H2,1-5H3. The maximum absolute atomic E-state index is 12.3. The highest BCUT2D eigenvalue weighted by Gasteiger charge is 2.22. The first-order chi connectivity index (χ1) is 9.26. The zero-order chi connectivity index (χ0) is 15.3. The predicted molar refractivity (Wildman–Crippen MR) is 82.9 cm³/mol. The molecule has 2 N–H and O–H groups in total. The van der Waals surface area contributed by atoms with E-state index in [0.29, 0.717) is 18.0 Å². The van der Waals surface area contributed by atoms with Gasteiger partial charge in [-0.1, -0.05) is 19.9 Å². The molecule has 1 aromatic carbocycles. The van der Waals surface area contributed by atoms with Crippen LogP contribution in [0.1, 0.15) is 26.3 Å². The van der Waals surface area contributed by atoms with E-state index in [0.717, 1.165) is 5.56 Å². The van der Waals surface area contributed by atoms with E-state index in [1.54, 1.807) is 19.1 Å². The largest absolute Gasteiger partial charge is 0.495 e. The van der Waals surface area contributed by atoms with E-state index < -0.39 is 15.3 Å². The number of hydrogen-bond donors (Lipinski definition) is 2. The molecule has 0 aliphatic rings. The third-order valence-corrected chi connectivity index (χ3v) is 4.68. The molecule has 0 bridgehead atoms. The quantitative estimate of drug-likeness (QED) is 0.809. The highest BCUT2D eigenvalue weighted by Crippen LogP contribution is 2.26. The molecule has 1 atom stereocenters. The molecule has 114 valence electrons. The molecule has 0 saturated carbocycles. The second kappa shape index (κ2) is 6.95. The molecule has 1 aromatic rings. The van der Waals surface area contributed by atoms with Gasteiger partial charge < -0.3 is 10.1 Å². The zero-order valence-corrected chi connectivity index (χ0v) is 13.5. The molecule has 6 heteroatoms. The Hall–Kier alpha value is -1.27. The lowest BCUT2D eigenvalue weighted by atomic mass is 10.2. The summed E-state index contributed by atoms with van der Waals surface area (Å²) in [5.74, 6) is 0.517. The topological polar surface area (TPSA) is 67.4 Å². The van der Waals surface area contributed by atoms with Crippen molar-refractivity contribution in [1.29, 1.82) is 0 Å². The number of benzene rings is 1. The van der Waals surface area contributed by atoms with Gasteiger partial charge in [-0.15, -0.1) is 0 Å². The van der Waals surface area contributed by atoms with Crippen LogP contribution >= 0.6 is 0 Å². The monoisotopic (exact) mass is 300 g/mol. The predicted octanol–water partition coefficient (Wildman–Crippen LogP) is 2.13. The number of methoxy groups -OCH3 is 1. The summed E-state index contributed by atoms with van der Waals surface area (Å²) in [5.41, 5.74) is 1.44. The number of rotatable bonds is 7. The third-order valence-electron chi connectivity index (χ3n) is 2.95. The average molecular weight is 300 g/mol. The summed E-state index contributed by atoms with van der Waals surface area (Å²) in [6.07, 6.45) is 0. The van der Waals surface area contributed by atoms with E-state index in [-0.39, 0.29) is 6.04 Å². The van der Waals surface area contributed by atoms with Gasteiger partial charge in [-0.3, -0.25) is 4.72 Å². The van der Waals surface area contributed by atoms with E-state index in [4.69, 9.17) is 4.74 Å². The second-order valence-corrected chi connectivity index (χ2v) is 7.32. The van der Waals surface area contributed by atoms with Crippen molar-refractivity contribution in [3.8, 4) is 5.75 Å². The van der Waals surface area contributed by atoms with E-state index in [1.165, 1.54) is 7.11 Å². The maximum atomic E-state index is 12.3. The molecule has 5 nitrogen and oxygen atoms in total. The maximum Gasteiger partial charge on any atom is 0.236 e. The summed E-state index contributed by atoms with van der Waals surface area (Å²) >= 11 is 0. The molecule has 0 fully saturated rings. The van der Waals surface area contributed by atoms with Crippen molar-refractivity contribution >= 4 is 15.7 Å². The Balaban J connectivity index is 2.87. The second-order valence-electron chi connectivity index (χ2n) is 5.22. The zero-order valence-electron chi connectivity index (χ0n) is 12.7. The van der Waals surface area contributed by atoms with Crippen LogP contribution in [0.4, 0.5) is 5.69 Å². The van der Waals surface area contributed by atoms with Crippen molar-refractivity contribution in [1.82, 2.24) is 5.32 Å². The first kappa shape index (κ1) is 16.8. The lowest BCUT2D eigenvalue weighted by Gasteiger charge is -2.18. The minimum absolute atomic E-state index is 0.251. The van der Waals surface area contributed by atoms with Gasteiger partial charge in [0.05, 0.1) is 18.0 Å². The number of aryl methyl sites for hydroxylation is 1. The van der Waals surface area contributed by atoms with E-state index in [2.05, 4.69) is 10.0 Å². The van der Waals surface area contributed by atoms with Crippen molar-refractivity contribution in [3.05, 3.63) is 23.8 Å². The van der Waals surface area contributed by atoms with Crippen molar-refractivity contribution in [3.63, 3.8) is 0 Å². The highest BCUT2D eigenvalue weighted by atomic mass is 32.2. The van der Waals surface area contributed by atoms with Crippen molar-refractivity contribution < 1.29 is 13.2 Å². The summed E-state index contributed by atoms with van der Waals surface area (Å²) in [6, 6.07) is 5.64. The number of ether oxygens (including phenoxy) is 1. The first-order valence-electron chi connectivity index (χ1n) is 6.66. The molecule has 1 rings (SSSR count). The van der Waals surface area contributed by atoms with Gasteiger partial charge in [-0.2, -0.15) is 0 Å². The molecule has 0 heterocycles. The number of hydrogen-bond acceptors (Lipinski definition) is 4. The first-order valence-corrected chi connectivity index (χ1v) is 8.20. The van der Waals surface area contributed by atoms with Crippen LogP contribution in [0.15, 0.2) is 18.2 Å². The molecule has 0 spiro atoms. The summed E-state index contributed by atoms with van der Waals surface area (Å²) in [7, 11) is -1.93. The third kappa shape index (κ3) is 4.68. The van der Waals surface area contributed by atoms with Gasteiger partial charge in [0.25, 0.3) is 0 Å². The lowest BCUT2D eigenvalue weighted by molar-refractivity contribution is 0.416. The minimum atomic E-state index is -3.45. The van der Waals surface area contributed by atoms with Gasteiger partial charge in [0, 0.05) is 12.6 Å². The van der Waals surface area contributed by atoms with Gasteiger partial charge in [0.1, 0.15) is 5.75 Å². The summed E-state index contributed by atoms with van der Waals surface area (Å²) < 4.78 is 32.4. The van der Waals surface area contributed by atoms with Crippen molar-refractivity contribution in [2.45, 2.75) is 39.0 Å². The molecule has 0 radical (unpaired) electrons. The van der Waals surface area contributed by atoms with Gasteiger partial charge >= 0.3 is 0 Å². The van der Waals surface area contributed by atoms with Crippen LogP contribution in [0.3, 0.4) is 0 Å². The minimum Gasteiger partial charge on any atom is -0.495 e. The van der Waals surface area contributed by atoms with Crippen LogP contribution in [0.5, 0.6) is 5.75 Å². The molecule has 1 unspecified atom stereocenters. The molecular formula is C14H24N2O3S. The smallest absolute Gasteiger partial charge is 0.236 e. The highest BCUT2D eigenvalue weighted by molar-refractivity contribution is 7.93. The molecule has 0 aromatic heterocycles. The Morgan fingerprint density at radius 2 is 1.90 bits per heavy atom. The van der Waals surface area contributed by atoms with Gasteiger partial charge in [0.15, 0.2) is 0 Å². The van der Waals surface area contributed by atoms with Crippen LogP contribution < -0.4 is 14.8 Å². The molecule has 0 amide bonds. The molecule has 0 aliphatic carbocycles. The Bertz CT molecular complexity index is 541. The Morgan fingerprint density at radius 3 is 2.45 bits per heavy atom. The van der Waals surface area contributed by atoms with Crippen molar-refractivity contribution in [2.75, 3.05) is 18.4 Å². The fraction of sp³-hybridized carbons (Fsp3) is 0.571. The van der Waals surface area contributed by atoms with Crippen LogP contribution in [0.25, 0.3) is 0 Å². The van der Waals surface area contributed by atoms with Crippen LogP contribution in [0.2, 0.25) is 0 Å². The summed E-state index contributed by atoms with van der Waals surface area (Å²) in [5, 5.41) is 2.59. The van der Waals surface area contributed by atoms with Crippen LogP contribution in [0, 0.1) is 6.92 Å². The van der Waals surface area contributed by atoms with Crippen LogP contribution in [-0.2, 0) is 10.0 Å². The summed E-state index contributed by atoms with van der Waals surface area (Å²) in [6.45, 7) is 7.95. The van der Waals surface area contributed by atoms with Crippen LogP contribution in [-0.4, -0.2) is 33.4 Å². The fourth-order valence-corrected chi connectivity index (χ4v) is 2.65. The Labute approximate surface area is 121 Å². The van der Waals surface area contributed by atoms with E-state index in [1.807, 2.05) is 26.8 Å². The van der Waals surface area contributed by atoms with Crippen molar-refractivity contribution in [2.24, 2.45) is 0 Å². The normalized spacial score (nSPS) is 13.3. The molecule has 0 aliphatic heterocycles. The Morgan fingerprint density at radius 1 is 1.25 bits per heavy atom. The fourth-order valence-electron chi connectivity index (χ4n) is 1.67. The molecular weight excluding hydrogens is 276 g/mol. The number of nitrogens with one attached hydrogen (secondary N) is 2. The molecule has 0 saturated heterocycles. The van der Waals surface area contributed by atoms with E-state index in [9.17, 15) is 8.42 Å². The van der Waals surface area contributed by atoms with Gasteiger partial charge in [0.2, 0.25) is 10.0 Å². The Kier molecular flexibility index (Phi) is 5.83. The molecule has 20 heavy (non-hydrogen) atoms. The van der Waals surface area contributed by atoms with Gasteiger partial charge in [-0.05, 0) is 31.5 Å². The SMILES string of the molecule is COc1ccc(C)cc1NS(=O)(=O)C(C)CNC(C)C. The summed E-state index contributed by atoms with van der Waals surface area (Å²) in [4.78, 5) is 0. The number of anilines is 1. The van der Waals surface area contributed by atoms with E-state index >= 15 is 0 Å². The average Bonchev–Trinajstić information content (AvgIpc) is 2.35. The lowest BCUT2D eigenvalue weighted by Crippen LogP contribution is -2.37. The van der Waals surface area contributed by atoms with Gasteiger partial charge in [-0.25, -0.2) is 8.42 Å².